The fourth-order valence-corrected chi connectivity index (χ4v) is 3.85. The van der Waals surface area contributed by atoms with Gasteiger partial charge in [0.1, 0.15) is 4.88 Å². The zero-order chi connectivity index (χ0) is 14.9. The summed E-state index contributed by atoms with van der Waals surface area (Å²) >= 11 is 4.21. The second-order valence-electron chi connectivity index (χ2n) is 3.99. The topological polar surface area (TPSA) is 83.5 Å². The van der Waals surface area contributed by atoms with Crippen molar-refractivity contribution in [2.45, 2.75) is 11.8 Å². The van der Waals surface area contributed by atoms with Gasteiger partial charge in [-0.15, -0.1) is 11.3 Å². The van der Waals surface area contributed by atoms with E-state index in [0.717, 1.165) is 15.8 Å². The van der Waals surface area contributed by atoms with Gasteiger partial charge in [0, 0.05) is 4.47 Å². The molecule has 1 aromatic heterocycles. The zero-order valence-corrected chi connectivity index (χ0v) is 13.5. The van der Waals surface area contributed by atoms with Crippen LogP contribution in [-0.2, 0) is 10.0 Å². The largest absolute Gasteiger partial charge is 0.477 e. The fourth-order valence-electron chi connectivity index (χ4n) is 1.54. The van der Waals surface area contributed by atoms with Crippen LogP contribution in [0, 0.1) is 6.92 Å². The molecule has 2 aromatic rings. The quantitative estimate of drug-likeness (QED) is 0.858. The zero-order valence-electron chi connectivity index (χ0n) is 10.3. The number of anilines is 1. The van der Waals surface area contributed by atoms with Crippen molar-refractivity contribution in [3.05, 3.63) is 44.6 Å². The van der Waals surface area contributed by atoms with Gasteiger partial charge in [0.15, 0.2) is 0 Å². The molecule has 2 N–H and O–H groups in total. The highest BCUT2D eigenvalue weighted by molar-refractivity contribution is 9.10. The van der Waals surface area contributed by atoms with Gasteiger partial charge in [-0.05, 0) is 42.1 Å². The van der Waals surface area contributed by atoms with E-state index in [0.29, 0.717) is 5.56 Å². The third kappa shape index (κ3) is 3.02. The summed E-state index contributed by atoms with van der Waals surface area (Å²) in [5.74, 6) is -1.16. The van der Waals surface area contributed by atoms with Gasteiger partial charge in [-0.3, -0.25) is 4.72 Å². The first-order valence-electron chi connectivity index (χ1n) is 5.41. The average molecular weight is 376 g/mol. The smallest absolute Gasteiger partial charge is 0.348 e. The first kappa shape index (κ1) is 15.0. The Morgan fingerprint density at radius 2 is 1.90 bits per heavy atom. The molecule has 0 spiro atoms. The van der Waals surface area contributed by atoms with E-state index >= 15 is 0 Å². The lowest BCUT2D eigenvalue weighted by atomic mass is 10.3. The van der Waals surface area contributed by atoms with Crippen LogP contribution in [0.4, 0.5) is 5.69 Å². The highest BCUT2D eigenvalue weighted by atomic mass is 79.9. The molecule has 0 saturated carbocycles. The fraction of sp³-hybridized carbons (Fsp3) is 0.0833. The Labute approximate surface area is 128 Å². The second kappa shape index (κ2) is 5.55. The molecule has 5 nitrogen and oxygen atoms in total. The van der Waals surface area contributed by atoms with Gasteiger partial charge >= 0.3 is 5.97 Å². The molecule has 0 radical (unpaired) electrons. The predicted molar refractivity (Wildman–Crippen MR) is 81.0 cm³/mol. The molecule has 1 aromatic carbocycles. The van der Waals surface area contributed by atoms with Crippen molar-refractivity contribution >= 4 is 48.9 Å². The Hall–Kier alpha value is -1.38. The molecule has 0 atom stereocenters. The molecule has 0 aliphatic rings. The molecular formula is C12H10BrNO4S2. The van der Waals surface area contributed by atoms with Crippen molar-refractivity contribution < 1.29 is 18.3 Å². The molecule has 2 rings (SSSR count). The highest BCUT2D eigenvalue weighted by Crippen LogP contribution is 2.30. The number of carboxylic acids is 1. The number of nitrogens with one attached hydrogen (secondary N) is 1. The van der Waals surface area contributed by atoms with Crippen LogP contribution in [0.1, 0.15) is 15.2 Å². The van der Waals surface area contributed by atoms with Crippen molar-refractivity contribution in [1.82, 2.24) is 0 Å². The lowest BCUT2D eigenvalue weighted by Crippen LogP contribution is -2.15. The molecular weight excluding hydrogens is 366 g/mol. The molecule has 0 bridgehead atoms. The van der Waals surface area contributed by atoms with E-state index < -0.39 is 16.0 Å². The Kier molecular flexibility index (Phi) is 4.17. The van der Waals surface area contributed by atoms with Crippen molar-refractivity contribution in [1.29, 1.82) is 0 Å². The molecule has 0 fully saturated rings. The van der Waals surface area contributed by atoms with Gasteiger partial charge in [-0.2, -0.15) is 0 Å². The summed E-state index contributed by atoms with van der Waals surface area (Å²) in [6.45, 7) is 1.66. The summed E-state index contributed by atoms with van der Waals surface area (Å²) in [5.41, 5.74) is 0.693. The minimum atomic E-state index is -3.81. The van der Waals surface area contributed by atoms with Gasteiger partial charge in [-0.1, -0.05) is 15.9 Å². The van der Waals surface area contributed by atoms with Gasteiger partial charge in [-0.25, -0.2) is 13.2 Å². The van der Waals surface area contributed by atoms with Crippen LogP contribution in [0.2, 0.25) is 0 Å². The van der Waals surface area contributed by atoms with E-state index in [9.17, 15) is 13.2 Å². The predicted octanol–water partition coefficient (Wildman–Crippen LogP) is 3.32. The maximum atomic E-state index is 12.2. The number of hydrogen-bond acceptors (Lipinski definition) is 4. The molecule has 106 valence electrons. The first-order chi connectivity index (χ1) is 9.31. The lowest BCUT2D eigenvalue weighted by Gasteiger charge is -2.09. The summed E-state index contributed by atoms with van der Waals surface area (Å²) in [6.07, 6.45) is 0. The number of thiophene rings is 1. The summed E-state index contributed by atoms with van der Waals surface area (Å²) in [5, 5.41) is 10.7. The molecule has 0 aliphatic carbocycles. The van der Waals surface area contributed by atoms with Crippen LogP contribution in [0.25, 0.3) is 0 Å². The number of aryl methyl sites for hydroxylation is 1. The number of aromatic carboxylic acids is 1. The summed E-state index contributed by atoms with van der Waals surface area (Å²) in [4.78, 5) is 11.1. The number of benzene rings is 1. The van der Waals surface area contributed by atoms with Crippen LogP contribution in [0.15, 0.2) is 39.0 Å². The Morgan fingerprint density at radius 1 is 1.30 bits per heavy atom. The monoisotopic (exact) mass is 375 g/mol. The van der Waals surface area contributed by atoms with Crippen molar-refractivity contribution in [2.75, 3.05) is 4.72 Å². The second-order valence-corrected chi connectivity index (χ2v) is 7.47. The normalized spacial score (nSPS) is 11.3. The van der Waals surface area contributed by atoms with Gasteiger partial charge in [0.25, 0.3) is 10.0 Å². The SMILES string of the molecule is Cc1csc(C(=O)O)c1NS(=O)(=O)c1ccc(Br)cc1. The third-order valence-corrected chi connectivity index (χ3v) is 5.51. The molecule has 0 amide bonds. The highest BCUT2D eigenvalue weighted by Gasteiger charge is 2.21. The minimum Gasteiger partial charge on any atom is -0.477 e. The number of carboxylic acid groups (broad SMARTS) is 1. The molecule has 0 unspecified atom stereocenters. The number of hydrogen-bond donors (Lipinski definition) is 2. The van der Waals surface area contributed by atoms with Gasteiger partial charge in [0.05, 0.1) is 10.6 Å². The number of halogens is 1. The molecule has 1 heterocycles. The van der Waals surface area contributed by atoms with E-state index in [1.165, 1.54) is 12.1 Å². The average Bonchev–Trinajstić information content (AvgIpc) is 2.71. The van der Waals surface area contributed by atoms with Crippen molar-refractivity contribution in [3.63, 3.8) is 0 Å². The number of sulfonamides is 1. The molecule has 0 saturated heterocycles. The van der Waals surface area contributed by atoms with Crippen LogP contribution >= 0.6 is 27.3 Å². The maximum Gasteiger partial charge on any atom is 0.348 e. The van der Waals surface area contributed by atoms with E-state index in [2.05, 4.69) is 20.7 Å². The van der Waals surface area contributed by atoms with Gasteiger partial charge in [0.2, 0.25) is 0 Å². The van der Waals surface area contributed by atoms with E-state index in [1.807, 2.05) is 0 Å². The summed E-state index contributed by atoms with van der Waals surface area (Å²) < 4.78 is 27.5. The molecule has 20 heavy (non-hydrogen) atoms. The standard InChI is InChI=1S/C12H10BrNO4S2/c1-7-6-19-11(12(15)16)10(7)14-20(17,18)9-4-2-8(13)3-5-9/h2-6,14H,1H3,(H,15,16). The van der Waals surface area contributed by atoms with E-state index in [-0.39, 0.29) is 15.5 Å². The molecule has 8 heteroatoms. The summed E-state index contributed by atoms with van der Waals surface area (Å²) in [6, 6.07) is 6.09. The van der Waals surface area contributed by atoms with E-state index in [1.54, 1.807) is 24.4 Å². The summed E-state index contributed by atoms with van der Waals surface area (Å²) in [7, 11) is -3.81. The van der Waals surface area contributed by atoms with Crippen molar-refractivity contribution in [2.24, 2.45) is 0 Å². The third-order valence-electron chi connectivity index (χ3n) is 2.53. The number of rotatable bonds is 4. The lowest BCUT2D eigenvalue weighted by molar-refractivity contribution is 0.0703. The number of carbonyl (C=O) groups is 1. The van der Waals surface area contributed by atoms with Crippen LogP contribution in [0.3, 0.4) is 0 Å². The van der Waals surface area contributed by atoms with Crippen molar-refractivity contribution in [3.8, 4) is 0 Å². The van der Waals surface area contributed by atoms with Gasteiger partial charge < -0.3 is 5.11 Å². The Balaban J connectivity index is 2.41. The van der Waals surface area contributed by atoms with Crippen LogP contribution in [0.5, 0.6) is 0 Å². The van der Waals surface area contributed by atoms with E-state index in [4.69, 9.17) is 5.11 Å². The first-order valence-corrected chi connectivity index (χ1v) is 8.56. The van der Waals surface area contributed by atoms with Crippen LogP contribution in [-0.4, -0.2) is 19.5 Å². The Morgan fingerprint density at radius 3 is 2.45 bits per heavy atom. The maximum absolute atomic E-state index is 12.2. The van der Waals surface area contributed by atoms with Crippen LogP contribution < -0.4 is 4.72 Å². The Bertz CT molecular complexity index is 750. The molecule has 0 aliphatic heterocycles. The minimum absolute atomic E-state index is 0.0248.